The van der Waals surface area contributed by atoms with E-state index in [1.807, 2.05) is 0 Å². The van der Waals surface area contributed by atoms with Gasteiger partial charge in [-0.15, -0.1) is 5.10 Å². The zero-order chi connectivity index (χ0) is 16.4. The zero-order valence-electron chi connectivity index (χ0n) is 11.3. The van der Waals surface area contributed by atoms with Crippen LogP contribution in [0.4, 0.5) is 19.2 Å². The summed E-state index contributed by atoms with van der Waals surface area (Å²) in [5.74, 6) is -0.461. The van der Waals surface area contributed by atoms with Gasteiger partial charge in [-0.2, -0.15) is 13.2 Å². The molecule has 1 N–H and O–H groups in total. The van der Waals surface area contributed by atoms with Gasteiger partial charge >= 0.3 is 12.2 Å². The van der Waals surface area contributed by atoms with Crippen molar-refractivity contribution in [3.05, 3.63) is 53.8 Å². The highest BCUT2D eigenvalue weighted by molar-refractivity contribution is 6.03. The van der Waals surface area contributed by atoms with Gasteiger partial charge in [-0.05, 0) is 30.3 Å². The van der Waals surface area contributed by atoms with E-state index in [4.69, 9.17) is 8.83 Å². The molecule has 0 aliphatic carbocycles. The molecule has 0 bridgehead atoms. The van der Waals surface area contributed by atoms with Gasteiger partial charge in [-0.25, -0.2) is 0 Å². The fourth-order valence-corrected chi connectivity index (χ4v) is 1.78. The minimum absolute atomic E-state index is 0.0364. The maximum Gasteiger partial charge on any atom is 0.416 e. The summed E-state index contributed by atoms with van der Waals surface area (Å²) in [4.78, 5) is 12.0. The second-order valence-electron chi connectivity index (χ2n) is 4.42. The predicted octanol–water partition coefficient (Wildman–Crippen LogP) is 3.60. The van der Waals surface area contributed by atoms with E-state index in [9.17, 15) is 18.0 Å². The summed E-state index contributed by atoms with van der Waals surface area (Å²) in [7, 11) is 0. The van der Waals surface area contributed by atoms with Crippen LogP contribution in [0.2, 0.25) is 0 Å². The van der Waals surface area contributed by atoms with E-state index in [1.54, 1.807) is 12.1 Å². The zero-order valence-corrected chi connectivity index (χ0v) is 11.3. The van der Waals surface area contributed by atoms with Crippen LogP contribution in [0.25, 0.3) is 11.7 Å². The number of hydrogen-bond acceptors (Lipinski definition) is 5. The van der Waals surface area contributed by atoms with Crippen molar-refractivity contribution >= 4 is 11.9 Å². The average molecular weight is 323 g/mol. The molecule has 9 heteroatoms. The molecule has 0 aliphatic heterocycles. The van der Waals surface area contributed by atoms with Crippen molar-refractivity contribution in [1.29, 1.82) is 0 Å². The number of furan rings is 1. The van der Waals surface area contributed by atoms with Crippen LogP contribution in [0.1, 0.15) is 15.9 Å². The van der Waals surface area contributed by atoms with Crippen molar-refractivity contribution in [2.24, 2.45) is 0 Å². The standard InChI is InChI=1S/C14H8F3N3O3/c15-14(16,17)9-4-1-3-8(7-9)11(21)18-13-20-19-12(23-13)10-5-2-6-22-10/h1-7H,(H,18,20,21). The molecule has 0 atom stereocenters. The summed E-state index contributed by atoms with van der Waals surface area (Å²) in [6.07, 6.45) is -3.13. The highest BCUT2D eigenvalue weighted by Gasteiger charge is 2.31. The third kappa shape index (κ3) is 3.23. The number of amides is 1. The van der Waals surface area contributed by atoms with E-state index in [-0.39, 0.29) is 17.5 Å². The first-order chi connectivity index (χ1) is 10.9. The molecule has 0 unspecified atom stereocenters. The third-order valence-corrected chi connectivity index (χ3v) is 2.83. The molecular weight excluding hydrogens is 315 g/mol. The van der Waals surface area contributed by atoms with Crippen molar-refractivity contribution in [1.82, 2.24) is 10.2 Å². The molecule has 3 aromatic rings. The highest BCUT2D eigenvalue weighted by Crippen LogP contribution is 2.29. The Bertz CT molecular complexity index is 825. The number of halogens is 3. The first-order valence-corrected chi connectivity index (χ1v) is 6.29. The summed E-state index contributed by atoms with van der Waals surface area (Å²) in [6.45, 7) is 0. The second-order valence-corrected chi connectivity index (χ2v) is 4.42. The van der Waals surface area contributed by atoms with Crippen LogP contribution in [0, 0.1) is 0 Å². The van der Waals surface area contributed by atoms with Gasteiger partial charge in [0.05, 0.1) is 11.8 Å². The summed E-state index contributed by atoms with van der Waals surface area (Å²) in [5, 5.41) is 9.47. The van der Waals surface area contributed by atoms with Crippen molar-refractivity contribution in [2.45, 2.75) is 6.18 Å². The Morgan fingerprint density at radius 3 is 2.65 bits per heavy atom. The number of nitrogens with one attached hydrogen (secondary N) is 1. The first-order valence-electron chi connectivity index (χ1n) is 6.29. The Morgan fingerprint density at radius 2 is 1.96 bits per heavy atom. The van der Waals surface area contributed by atoms with Gasteiger partial charge < -0.3 is 8.83 Å². The van der Waals surface area contributed by atoms with Crippen LogP contribution < -0.4 is 5.32 Å². The molecule has 0 saturated carbocycles. The number of carbonyl (C=O) groups excluding carboxylic acids is 1. The van der Waals surface area contributed by atoms with Crippen LogP contribution in [0.5, 0.6) is 0 Å². The molecule has 1 amide bonds. The Balaban J connectivity index is 1.77. The molecule has 2 aromatic heterocycles. The maximum absolute atomic E-state index is 12.6. The van der Waals surface area contributed by atoms with Gasteiger partial charge in [0.2, 0.25) is 0 Å². The molecule has 0 fully saturated rings. The minimum Gasteiger partial charge on any atom is -0.459 e. The first kappa shape index (κ1) is 14.8. The van der Waals surface area contributed by atoms with E-state index in [2.05, 4.69) is 15.5 Å². The van der Waals surface area contributed by atoms with E-state index < -0.39 is 17.6 Å². The number of rotatable bonds is 3. The smallest absolute Gasteiger partial charge is 0.416 e. The third-order valence-electron chi connectivity index (χ3n) is 2.83. The molecule has 0 saturated heterocycles. The fraction of sp³-hybridized carbons (Fsp3) is 0.0714. The van der Waals surface area contributed by atoms with Gasteiger partial charge in [0.25, 0.3) is 11.8 Å². The number of hydrogen-bond donors (Lipinski definition) is 1. The van der Waals surface area contributed by atoms with Crippen LogP contribution in [-0.4, -0.2) is 16.1 Å². The lowest BCUT2D eigenvalue weighted by Gasteiger charge is -2.07. The largest absolute Gasteiger partial charge is 0.459 e. The van der Waals surface area contributed by atoms with E-state index in [1.165, 1.54) is 12.3 Å². The molecule has 23 heavy (non-hydrogen) atoms. The number of carbonyl (C=O) groups is 1. The summed E-state index contributed by atoms with van der Waals surface area (Å²) >= 11 is 0. The maximum atomic E-state index is 12.6. The van der Waals surface area contributed by atoms with Gasteiger partial charge in [0, 0.05) is 5.56 Å². The van der Waals surface area contributed by atoms with Crippen molar-refractivity contribution < 1.29 is 26.8 Å². The Kier molecular flexibility index (Phi) is 3.61. The fourth-order valence-electron chi connectivity index (χ4n) is 1.78. The molecule has 0 spiro atoms. The lowest BCUT2D eigenvalue weighted by atomic mass is 10.1. The minimum atomic E-state index is -4.53. The summed E-state index contributed by atoms with van der Waals surface area (Å²) in [5.41, 5.74) is -1.11. The topological polar surface area (TPSA) is 81.2 Å². The second kappa shape index (κ2) is 5.59. The lowest BCUT2D eigenvalue weighted by molar-refractivity contribution is -0.137. The molecule has 6 nitrogen and oxygen atoms in total. The van der Waals surface area contributed by atoms with Gasteiger partial charge in [0.1, 0.15) is 0 Å². The van der Waals surface area contributed by atoms with Gasteiger partial charge in [0.15, 0.2) is 5.76 Å². The molecule has 118 valence electrons. The Labute approximate surface area is 126 Å². The Morgan fingerprint density at radius 1 is 1.13 bits per heavy atom. The summed E-state index contributed by atoms with van der Waals surface area (Å²) < 4.78 is 48.1. The molecule has 0 radical (unpaired) electrons. The van der Waals surface area contributed by atoms with E-state index in [0.29, 0.717) is 5.76 Å². The Hall–Kier alpha value is -3.10. The average Bonchev–Trinajstić information content (AvgIpc) is 3.17. The van der Waals surface area contributed by atoms with Crippen molar-refractivity contribution in [3.8, 4) is 11.7 Å². The lowest BCUT2D eigenvalue weighted by Crippen LogP contribution is -2.14. The molecule has 3 rings (SSSR count). The van der Waals surface area contributed by atoms with Crippen molar-refractivity contribution in [2.75, 3.05) is 5.32 Å². The van der Waals surface area contributed by atoms with E-state index in [0.717, 1.165) is 18.2 Å². The molecule has 2 heterocycles. The monoisotopic (exact) mass is 323 g/mol. The summed E-state index contributed by atoms with van der Waals surface area (Å²) in [6, 6.07) is 6.93. The van der Waals surface area contributed by atoms with E-state index >= 15 is 0 Å². The molecular formula is C14H8F3N3O3. The number of aromatic nitrogens is 2. The number of nitrogens with zero attached hydrogens (tertiary/aromatic N) is 2. The van der Waals surface area contributed by atoms with Crippen LogP contribution >= 0.6 is 0 Å². The predicted molar refractivity (Wildman–Crippen MR) is 71.4 cm³/mol. The SMILES string of the molecule is O=C(Nc1nnc(-c2ccco2)o1)c1cccc(C(F)(F)F)c1. The van der Waals surface area contributed by atoms with Crippen LogP contribution in [0.15, 0.2) is 51.5 Å². The van der Waals surface area contributed by atoms with Crippen LogP contribution in [-0.2, 0) is 6.18 Å². The van der Waals surface area contributed by atoms with Crippen LogP contribution in [0.3, 0.4) is 0 Å². The molecule has 0 aliphatic rings. The number of anilines is 1. The highest BCUT2D eigenvalue weighted by atomic mass is 19.4. The van der Waals surface area contributed by atoms with Gasteiger partial charge in [-0.1, -0.05) is 11.2 Å². The quantitative estimate of drug-likeness (QED) is 0.796. The number of alkyl halides is 3. The molecule has 1 aromatic carbocycles. The van der Waals surface area contributed by atoms with Gasteiger partial charge in [-0.3, -0.25) is 10.1 Å². The van der Waals surface area contributed by atoms with Crippen molar-refractivity contribution in [3.63, 3.8) is 0 Å². The normalized spacial score (nSPS) is 11.4. The number of benzene rings is 1.